The molecule has 1 aliphatic rings. The number of fused-ring (bicyclic) bond motifs is 3. The summed E-state index contributed by atoms with van der Waals surface area (Å²) in [4.78, 5) is 15.2. The van der Waals surface area contributed by atoms with Crippen LogP contribution in [0.4, 0.5) is 0 Å². The molecule has 0 atom stereocenters. The molecule has 7 aromatic carbocycles. The molecule has 0 saturated heterocycles. The van der Waals surface area contributed by atoms with Crippen LogP contribution in [0.5, 0.6) is 0 Å². The molecule has 53 heavy (non-hydrogen) atoms. The van der Waals surface area contributed by atoms with Gasteiger partial charge in [-0.25, -0.2) is 15.0 Å². The van der Waals surface area contributed by atoms with Gasteiger partial charge in [0.1, 0.15) is 0 Å². The zero-order valence-corrected chi connectivity index (χ0v) is 30.4. The van der Waals surface area contributed by atoms with E-state index < -0.39 is 7.14 Å². The first-order chi connectivity index (χ1) is 25.9. The van der Waals surface area contributed by atoms with E-state index in [0.29, 0.717) is 17.5 Å². The Morgan fingerprint density at radius 1 is 0.377 bits per heavy atom. The molecule has 254 valence electrons. The Morgan fingerprint density at radius 2 is 0.774 bits per heavy atom. The highest BCUT2D eigenvalue weighted by molar-refractivity contribution is 7.85. The zero-order chi connectivity index (χ0) is 36.0. The molecule has 0 fully saturated rings. The van der Waals surface area contributed by atoms with Crippen LogP contribution in [-0.2, 0) is 9.98 Å². The van der Waals surface area contributed by atoms with Gasteiger partial charge >= 0.3 is 0 Å². The topological polar surface area (TPSA) is 55.7 Å². The molecule has 5 heteroatoms. The van der Waals surface area contributed by atoms with Gasteiger partial charge in [0.25, 0.3) is 0 Å². The summed E-state index contributed by atoms with van der Waals surface area (Å²) in [5, 5.41) is 2.35. The van der Waals surface area contributed by atoms with E-state index in [1.54, 1.807) is 0 Å². The standard InChI is InChI=1S/C48H36N3OP/c1-48(2)43-21-13-12-20-41(43)42-31-28-37(32-44(42)48)47-50-45(35-24-22-34(23-25-35)33-14-6-3-7-15-33)49-46(51-47)36-26-29-40(30-27-36)53(52,38-16-8-4-9-17-38)39-18-10-5-11-19-39/h3-32H,1-2H3. The Balaban J connectivity index is 1.16. The number of hydrogen-bond donors (Lipinski definition) is 0. The molecule has 0 spiro atoms. The lowest BCUT2D eigenvalue weighted by atomic mass is 9.82. The van der Waals surface area contributed by atoms with Crippen LogP contribution < -0.4 is 15.9 Å². The average molecular weight is 702 g/mol. The van der Waals surface area contributed by atoms with Gasteiger partial charge in [-0.05, 0) is 39.4 Å². The highest BCUT2D eigenvalue weighted by atomic mass is 31.2. The Morgan fingerprint density at radius 3 is 1.36 bits per heavy atom. The van der Waals surface area contributed by atoms with Crippen molar-refractivity contribution in [2.24, 2.45) is 0 Å². The van der Waals surface area contributed by atoms with E-state index >= 15 is 4.57 Å². The summed E-state index contributed by atoms with van der Waals surface area (Å²) in [6, 6.07) is 61.3. The van der Waals surface area contributed by atoms with Gasteiger partial charge in [0.05, 0.1) is 0 Å². The van der Waals surface area contributed by atoms with Crippen molar-refractivity contribution < 1.29 is 4.57 Å². The highest BCUT2D eigenvalue weighted by Gasteiger charge is 2.35. The minimum atomic E-state index is -3.13. The molecule has 0 amide bonds. The number of hydrogen-bond acceptors (Lipinski definition) is 4. The fourth-order valence-electron chi connectivity index (χ4n) is 7.59. The average Bonchev–Trinajstić information content (AvgIpc) is 3.46. The van der Waals surface area contributed by atoms with Gasteiger partial charge in [-0.3, -0.25) is 0 Å². The van der Waals surface area contributed by atoms with Crippen LogP contribution in [0.1, 0.15) is 25.0 Å². The summed E-state index contributed by atoms with van der Waals surface area (Å²) in [5.41, 5.74) is 9.89. The fraction of sp³-hybridized carbons (Fsp3) is 0.0625. The second-order valence-electron chi connectivity index (χ2n) is 14.0. The first kappa shape index (κ1) is 32.7. The van der Waals surface area contributed by atoms with Gasteiger partial charge in [0, 0.05) is 38.0 Å². The van der Waals surface area contributed by atoms with Crippen LogP contribution in [0.2, 0.25) is 0 Å². The van der Waals surface area contributed by atoms with E-state index in [9.17, 15) is 0 Å². The lowest BCUT2D eigenvalue weighted by molar-refractivity contribution is 0.592. The van der Waals surface area contributed by atoms with Crippen LogP contribution in [0.25, 0.3) is 56.4 Å². The maximum absolute atomic E-state index is 15.1. The van der Waals surface area contributed by atoms with Crippen LogP contribution in [0, 0.1) is 0 Å². The molecule has 1 heterocycles. The molecule has 8 aromatic rings. The largest absolute Gasteiger partial charge is 0.309 e. The number of aromatic nitrogens is 3. The summed E-state index contributed by atoms with van der Waals surface area (Å²) < 4.78 is 15.1. The third kappa shape index (κ3) is 5.73. The van der Waals surface area contributed by atoms with E-state index in [4.69, 9.17) is 15.0 Å². The number of benzene rings is 7. The van der Waals surface area contributed by atoms with Crippen LogP contribution in [0.15, 0.2) is 182 Å². The molecule has 0 unspecified atom stereocenters. The van der Waals surface area contributed by atoms with E-state index in [-0.39, 0.29) is 5.41 Å². The first-order valence-electron chi connectivity index (χ1n) is 17.9. The summed E-state index contributed by atoms with van der Waals surface area (Å²) >= 11 is 0. The molecular weight excluding hydrogens is 666 g/mol. The second-order valence-corrected chi connectivity index (χ2v) is 16.8. The molecular formula is C48H36N3OP. The smallest absolute Gasteiger partial charge is 0.171 e. The monoisotopic (exact) mass is 701 g/mol. The lowest BCUT2D eigenvalue weighted by Crippen LogP contribution is -2.24. The predicted molar refractivity (Wildman–Crippen MR) is 219 cm³/mol. The maximum atomic E-state index is 15.1. The van der Waals surface area contributed by atoms with Crippen LogP contribution in [0.3, 0.4) is 0 Å². The van der Waals surface area contributed by atoms with Crippen molar-refractivity contribution in [3.63, 3.8) is 0 Å². The van der Waals surface area contributed by atoms with E-state index in [2.05, 4.69) is 92.7 Å². The molecule has 0 aliphatic heterocycles. The summed E-state index contributed by atoms with van der Waals surface area (Å²) in [6.45, 7) is 4.57. The van der Waals surface area contributed by atoms with E-state index in [0.717, 1.165) is 43.7 Å². The molecule has 9 rings (SSSR count). The van der Waals surface area contributed by atoms with Gasteiger partial charge in [-0.15, -0.1) is 0 Å². The van der Waals surface area contributed by atoms with Crippen molar-refractivity contribution in [3.8, 4) is 56.4 Å². The summed E-state index contributed by atoms with van der Waals surface area (Å²) in [5.74, 6) is 1.76. The van der Waals surface area contributed by atoms with Crippen molar-refractivity contribution in [1.29, 1.82) is 0 Å². The van der Waals surface area contributed by atoms with Crippen molar-refractivity contribution in [3.05, 3.63) is 193 Å². The van der Waals surface area contributed by atoms with Gasteiger partial charge in [0.15, 0.2) is 24.6 Å². The van der Waals surface area contributed by atoms with Crippen LogP contribution in [-0.4, -0.2) is 15.0 Å². The highest BCUT2D eigenvalue weighted by Crippen LogP contribution is 2.49. The molecule has 0 saturated carbocycles. The maximum Gasteiger partial charge on any atom is 0.171 e. The van der Waals surface area contributed by atoms with Crippen molar-refractivity contribution in [2.45, 2.75) is 19.3 Å². The SMILES string of the molecule is CC1(C)c2ccccc2-c2ccc(-c3nc(-c4ccc(-c5ccccc5)cc4)nc(-c4ccc(P(=O)(c5ccccc5)c5ccccc5)cc4)n3)cc21. The Hall–Kier alpha value is -6.22. The van der Waals surface area contributed by atoms with E-state index in [1.807, 2.05) is 103 Å². The van der Waals surface area contributed by atoms with Crippen molar-refractivity contribution >= 4 is 23.1 Å². The minimum absolute atomic E-state index is 0.158. The molecule has 4 nitrogen and oxygen atoms in total. The van der Waals surface area contributed by atoms with Crippen molar-refractivity contribution in [2.75, 3.05) is 0 Å². The molecule has 0 N–H and O–H groups in total. The van der Waals surface area contributed by atoms with Crippen LogP contribution >= 0.6 is 7.14 Å². The third-order valence-electron chi connectivity index (χ3n) is 10.5. The fourth-order valence-corrected chi connectivity index (χ4v) is 10.2. The lowest BCUT2D eigenvalue weighted by Gasteiger charge is -2.22. The predicted octanol–water partition coefficient (Wildman–Crippen LogP) is 10.5. The van der Waals surface area contributed by atoms with E-state index in [1.165, 1.54) is 22.3 Å². The minimum Gasteiger partial charge on any atom is -0.309 e. The molecule has 0 bridgehead atoms. The number of nitrogens with zero attached hydrogens (tertiary/aromatic N) is 3. The van der Waals surface area contributed by atoms with Gasteiger partial charge in [-0.2, -0.15) is 0 Å². The summed E-state index contributed by atoms with van der Waals surface area (Å²) in [7, 11) is -3.13. The Kier molecular flexibility index (Phi) is 8.06. The van der Waals surface area contributed by atoms with Gasteiger partial charge in [-0.1, -0.05) is 190 Å². The summed E-state index contributed by atoms with van der Waals surface area (Å²) in [6.07, 6.45) is 0. The second kappa shape index (κ2) is 13.1. The molecule has 1 aliphatic carbocycles. The quantitative estimate of drug-likeness (QED) is 0.155. The van der Waals surface area contributed by atoms with Gasteiger partial charge in [0.2, 0.25) is 0 Å². The third-order valence-corrected chi connectivity index (χ3v) is 13.5. The number of rotatable bonds is 7. The Labute approximate surface area is 310 Å². The Bertz CT molecular complexity index is 2600. The van der Waals surface area contributed by atoms with Crippen molar-refractivity contribution in [1.82, 2.24) is 15.0 Å². The molecule has 0 radical (unpaired) electrons. The molecule has 1 aromatic heterocycles. The van der Waals surface area contributed by atoms with Gasteiger partial charge < -0.3 is 4.57 Å². The first-order valence-corrected chi connectivity index (χ1v) is 19.6. The zero-order valence-electron chi connectivity index (χ0n) is 29.5. The normalized spacial score (nSPS) is 12.9.